The number of likely N-dealkylation sites (N-methyl/N-ethyl adjacent to an activating group) is 1. The Morgan fingerprint density at radius 1 is 1.00 bits per heavy atom. The Bertz CT molecular complexity index is 528. The van der Waals surface area contributed by atoms with E-state index in [9.17, 15) is 0 Å². The Kier molecular flexibility index (Phi) is 5.25. The molecule has 0 aliphatic carbocycles. The third kappa shape index (κ3) is 3.98. The zero-order valence-electron chi connectivity index (χ0n) is 11.0. The van der Waals surface area contributed by atoms with Gasteiger partial charge in [0, 0.05) is 0 Å². The summed E-state index contributed by atoms with van der Waals surface area (Å²) in [6.45, 7) is 1.51. The Hall–Kier alpha value is -1.51. The van der Waals surface area contributed by atoms with E-state index in [1.54, 1.807) is 0 Å². The highest BCUT2D eigenvalue weighted by atomic mass is 35.5. The van der Waals surface area contributed by atoms with Gasteiger partial charge in [0.25, 0.3) is 0 Å². The Balaban J connectivity index is 2.05. The van der Waals surface area contributed by atoms with Crippen LogP contribution in [0.2, 0.25) is 5.02 Å². The minimum atomic E-state index is 0.545. The van der Waals surface area contributed by atoms with Gasteiger partial charge in [0.1, 0.15) is 12.4 Å². The van der Waals surface area contributed by atoms with Gasteiger partial charge in [-0.1, -0.05) is 48.0 Å². The van der Waals surface area contributed by atoms with Gasteiger partial charge in [-0.05, 0) is 43.3 Å². The standard InChI is InChI=1S/C16H18ClNO/c1-18-11-10-13-6-2-3-7-14(13)12-19-16-9-5-4-8-15(16)17/h2-9,18H,10-12H2,1H3. The summed E-state index contributed by atoms with van der Waals surface area (Å²) >= 11 is 6.08. The number of ether oxygens (including phenoxy) is 1. The zero-order chi connectivity index (χ0) is 13.5. The summed E-state index contributed by atoms with van der Waals surface area (Å²) in [6, 6.07) is 15.9. The smallest absolute Gasteiger partial charge is 0.138 e. The second-order valence-corrected chi connectivity index (χ2v) is 4.75. The molecule has 2 nitrogen and oxygen atoms in total. The lowest BCUT2D eigenvalue weighted by molar-refractivity contribution is 0.305. The normalized spacial score (nSPS) is 10.4. The number of hydrogen-bond acceptors (Lipinski definition) is 2. The molecule has 0 fully saturated rings. The molecule has 0 saturated carbocycles. The molecule has 0 aliphatic rings. The number of nitrogens with one attached hydrogen (secondary N) is 1. The quantitative estimate of drug-likeness (QED) is 0.868. The van der Waals surface area contributed by atoms with E-state index < -0.39 is 0 Å². The summed E-state index contributed by atoms with van der Waals surface area (Å²) < 4.78 is 5.79. The average molecular weight is 276 g/mol. The second-order valence-electron chi connectivity index (χ2n) is 4.34. The third-order valence-corrected chi connectivity index (χ3v) is 3.29. The first-order valence-electron chi connectivity index (χ1n) is 6.40. The van der Waals surface area contributed by atoms with Gasteiger partial charge >= 0.3 is 0 Å². The predicted molar refractivity (Wildman–Crippen MR) is 79.9 cm³/mol. The van der Waals surface area contributed by atoms with Gasteiger partial charge in [0.15, 0.2) is 0 Å². The average Bonchev–Trinajstić information content (AvgIpc) is 2.45. The van der Waals surface area contributed by atoms with Gasteiger partial charge in [0.05, 0.1) is 5.02 Å². The zero-order valence-corrected chi connectivity index (χ0v) is 11.8. The topological polar surface area (TPSA) is 21.3 Å². The van der Waals surface area contributed by atoms with Crippen LogP contribution in [-0.4, -0.2) is 13.6 Å². The molecule has 1 N–H and O–H groups in total. The van der Waals surface area contributed by atoms with Crippen LogP contribution in [0.1, 0.15) is 11.1 Å². The van der Waals surface area contributed by atoms with E-state index in [2.05, 4.69) is 23.5 Å². The first-order valence-corrected chi connectivity index (χ1v) is 6.78. The highest BCUT2D eigenvalue weighted by Crippen LogP contribution is 2.24. The monoisotopic (exact) mass is 275 g/mol. The molecule has 0 bridgehead atoms. The van der Waals surface area contributed by atoms with Crippen molar-refractivity contribution in [1.29, 1.82) is 0 Å². The Labute approximate surface area is 119 Å². The Morgan fingerprint density at radius 3 is 2.42 bits per heavy atom. The summed E-state index contributed by atoms with van der Waals surface area (Å²) in [5, 5.41) is 3.81. The van der Waals surface area contributed by atoms with Crippen molar-refractivity contribution in [2.45, 2.75) is 13.0 Å². The molecule has 0 heterocycles. The lowest BCUT2D eigenvalue weighted by atomic mass is 10.1. The molecule has 2 rings (SSSR count). The highest BCUT2D eigenvalue weighted by molar-refractivity contribution is 6.32. The molecule has 100 valence electrons. The van der Waals surface area contributed by atoms with Crippen molar-refractivity contribution in [3.8, 4) is 5.75 Å². The van der Waals surface area contributed by atoms with Crippen LogP contribution in [0.5, 0.6) is 5.75 Å². The fourth-order valence-corrected chi connectivity index (χ4v) is 2.11. The van der Waals surface area contributed by atoms with Gasteiger partial charge in [-0.2, -0.15) is 0 Å². The third-order valence-electron chi connectivity index (χ3n) is 2.98. The minimum Gasteiger partial charge on any atom is -0.487 e. The van der Waals surface area contributed by atoms with E-state index in [0.29, 0.717) is 11.6 Å². The van der Waals surface area contributed by atoms with Crippen molar-refractivity contribution in [2.75, 3.05) is 13.6 Å². The molecule has 3 heteroatoms. The fourth-order valence-electron chi connectivity index (χ4n) is 1.92. The maximum Gasteiger partial charge on any atom is 0.138 e. The predicted octanol–water partition coefficient (Wildman–Crippen LogP) is 3.68. The number of para-hydroxylation sites is 1. The molecule has 0 spiro atoms. The van der Waals surface area contributed by atoms with E-state index in [4.69, 9.17) is 16.3 Å². The molecule has 2 aromatic carbocycles. The van der Waals surface area contributed by atoms with E-state index in [1.807, 2.05) is 37.4 Å². The second kappa shape index (κ2) is 7.17. The molecule has 0 aliphatic heterocycles. The highest BCUT2D eigenvalue weighted by Gasteiger charge is 2.04. The largest absolute Gasteiger partial charge is 0.487 e. The Morgan fingerprint density at radius 2 is 1.68 bits per heavy atom. The molecule has 0 radical (unpaired) electrons. The van der Waals surface area contributed by atoms with Crippen LogP contribution in [0.15, 0.2) is 48.5 Å². The number of rotatable bonds is 6. The minimum absolute atomic E-state index is 0.545. The van der Waals surface area contributed by atoms with Gasteiger partial charge in [-0.15, -0.1) is 0 Å². The SMILES string of the molecule is CNCCc1ccccc1COc1ccccc1Cl. The van der Waals surface area contributed by atoms with Gasteiger partial charge in [-0.3, -0.25) is 0 Å². The molecule has 0 atom stereocenters. The fraction of sp³-hybridized carbons (Fsp3) is 0.250. The van der Waals surface area contributed by atoms with Gasteiger partial charge in [0.2, 0.25) is 0 Å². The van der Waals surface area contributed by atoms with Gasteiger partial charge < -0.3 is 10.1 Å². The van der Waals surface area contributed by atoms with Gasteiger partial charge in [-0.25, -0.2) is 0 Å². The first kappa shape index (κ1) is 13.9. The molecule has 19 heavy (non-hydrogen) atoms. The van der Waals surface area contributed by atoms with Crippen molar-refractivity contribution >= 4 is 11.6 Å². The first-order chi connectivity index (χ1) is 9.31. The molecular formula is C16H18ClNO. The van der Waals surface area contributed by atoms with Crippen molar-refractivity contribution < 1.29 is 4.74 Å². The van der Waals surface area contributed by atoms with E-state index in [0.717, 1.165) is 18.7 Å². The lowest BCUT2D eigenvalue weighted by Gasteiger charge is -2.11. The van der Waals surface area contributed by atoms with Crippen molar-refractivity contribution in [3.63, 3.8) is 0 Å². The molecule has 0 amide bonds. The van der Waals surface area contributed by atoms with E-state index in [1.165, 1.54) is 11.1 Å². The maximum atomic E-state index is 6.08. The van der Waals surface area contributed by atoms with Crippen LogP contribution in [0.25, 0.3) is 0 Å². The van der Waals surface area contributed by atoms with Crippen molar-refractivity contribution in [1.82, 2.24) is 5.32 Å². The van der Waals surface area contributed by atoms with Crippen LogP contribution >= 0.6 is 11.6 Å². The molecule has 0 saturated heterocycles. The van der Waals surface area contributed by atoms with Crippen LogP contribution in [-0.2, 0) is 13.0 Å². The number of benzene rings is 2. The van der Waals surface area contributed by atoms with Crippen molar-refractivity contribution in [3.05, 3.63) is 64.7 Å². The summed E-state index contributed by atoms with van der Waals surface area (Å²) in [5.41, 5.74) is 2.52. The van der Waals surface area contributed by atoms with Crippen molar-refractivity contribution in [2.24, 2.45) is 0 Å². The molecule has 0 aromatic heterocycles. The molecule has 2 aromatic rings. The summed E-state index contributed by atoms with van der Waals surface area (Å²) in [4.78, 5) is 0. The van der Waals surface area contributed by atoms with Crippen LogP contribution in [0.3, 0.4) is 0 Å². The maximum absolute atomic E-state index is 6.08. The number of halogens is 1. The van der Waals surface area contributed by atoms with E-state index >= 15 is 0 Å². The van der Waals surface area contributed by atoms with Crippen LogP contribution < -0.4 is 10.1 Å². The van der Waals surface area contributed by atoms with Crippen LogP contribution in [0.4, 0.5) is 0 Å². The summed E-state index contributed by atoms with van der Waals surface area (Å²) in [6.07, 6.45) is 0.999. The van der Waals surface area contributed by atoms with E-state index in [-0.39, 0.29) is 0 Å². The molecule has 0 unspecified atom stereocenters. The molecular weight excluding hydrogens is 258 g/mol. The summed E-state index contributed by atoms with van der Waals surface area (Å²) in [5.74, 6) is 0.729. The number of hydrogen-bond donors (Lipinski definition) is 1. The summed E-state index contributed by atoms with van der Waals surface area (Å²) in [7, 11) is 1.96. The lowest BCUT2D eigenvalue weighted by Crippen LogP contribution is -2.12. The van der Waals surface area contributed by atoms with Crippen LogP contribution in [0, 0.1) is 0 Å².